The number of hydrogen-bond donors (Lipinski definition) is 0. The zero-order chi connectivity index (χ0) is 9.84. The fraction of sp³-hybridized carbons (Fsp3) is 0.333. The predicted molar refractivity (Wildman–Crippen MR) is 56.6 cm³/mol. The molecule has 0 aliphatic heterocycles. The van der Waals surface area contributed by atoms with Gasteiger partial charge in [0.25, 0.3) is 0 Å². The Bertz CT molecular complexity index is 324. The van der Waals surface area contributed by atoms with Crippen molar-refractivity contribution in [1.82, 2.24) is 0 Å². The molecule has 1 aromatic rings. The van der Waals surface area contributed by atoms with Gasteiger partial charge in [-0.05, 0) is 38.0 Å². The fourth-order valence-electron chi connectivity index (χ4n) is 1.27. The van der Waals surface area contributed by atoms with Gasteiger partial charge in [-0.3, -0.25) is 0 Å². The molecule has 0 fully saturated rings. The van der Waals surface area contributed by atoms with Gasteiger partial charge >= 0.3 is 0 Å². The van der Waals surface area contributed by atoms with Crippen LogP contribution in [0.5, 0.6) is 0 Å². The number of aryl methyl sites for hydroxylation is 2. The SMILES string of the molecule is CO/C(C)=C\c1ccc(C)cc1C. The standard InChI is InChI=1S/C12H16O/c1-9-5-6-12(10(2)7-9)8-11(3)13-4/h5-8H,1-4H3/b11-8-. The van der Waals surface area contributed by atoms with Crippen LogP contribution in [0.4, 0.5) is 0 Å². The van der Waals surface area contributed by atoms with E-state index in [1.807, 2.05) is 6.92 Å². The molecule has 1 rings (SSSR count). The summed E-state index contributed by atoms with van der Waals surface area (Å²) in [5, 5.41) is 0. The lowest BCUT2D eigenvalue weighted by Gasteiger charge is -2.03. The van der Waals surface area contributed by atoms with Crippen LogP contribution in [0.2, 0.25) is 0 Å². The second-order valence-corrected chi connectivity index (χ2v) is 3.32. The highest BCUT2D eigenvalue weighted by Crippen LogP contribution is 2.14. The van der Waals surface area contributed by atoms with Crippen molar-refractivity contribution >= 4 is 6.08 Å². The van der Waals surface area contributed by atoms with Gasteiger partial charge < -0.3 is 4.74 Å². The maximum atomic E-state index is 5.10. The van der Waals surface area contributed by atoms with Crippen molar-refractivity contribution in [2.75, 3.05) is 7.11 Å². The Morgan fingerprint density at radius 3 is 2.54 bits per heavy atom. The Morgan fingerprint density at radius 2 is 2.00 bits per heavy atom. The summed E-state index contributed by atoms with van der Waals surface area (Å²) >= 11 is 0. The molecule has 1 heteroatoms. The third kappa shape index (κ3) is 2.62. The maximum absolute atomic E-state index is 5.10. The van der Waals surface area contributed by atoms with Crippen molar-refractivity contribution in [3.63, 3.8) is 0 Å². The summed E-state index contributed by atoms with van der Waals surface area (Å²) in [6.07, 6.45) is 2.05. The van der Waals surface area contributed by atoms with Crippen molar-refractivity contribution in [2.24, 2.45) is 0 Å². The van der Waals surface area contributed by atoms with Gasteiger partial charge in [0, 0.05) is 0 Å². The minimum atomic E-state index is 0.937. The largest absolute Gasteiger partial charge is 0.501 e. The van der Waals surface area contributed by atoms with E-state index in [0.717, 1.165) is 5.76 Å². The van der Waals surface area contributed by atoms with E-state index in [-0.39, 0.29) is 0 Å². The van der Waals surface area contributed by atoms with Crippen LogP contribution in [0.3, 0.4) is 0 Å². The molecule has 0 aliphatic carbocycles. The summed E-state index contributed by atoms with van der Waals surface area (Å²) in [7, 11) is 1.69. The zero-order valence-corrected chi connectivity index (χ0v) is 8.72. The first-order chi connectivity index (χ1) is 6.13. The molecule has 0 unspecified atom stereocenters. The average Bonchev–Trinajstić information content (AvgIpc) is 2.09. The van der Waals surface area contributed by atoms with Gasteiger partial charge in [-0.2, -0.15) is 0 Å². The molecule has 0 amide bonds. The van der Waals surface area contributed by atoms with Crippen LogP contribution in [0.1, 0.15) is 23.6 Å². The van der Waals surface area contributed by atoms with Gasteiger partial charge in [0.15, 0.2) is 0 Å². The van der Waals surface area contributed by atoms with E-state index in [1.165, 1.54) is 16.7 Å². The minimum Gasteiger partial charge on any atom is -0.501 e. The molecule has 1 nitrogen and oxygen atoms in total. The molecule has 1 aromatic carbocycles. The molecular weight excluding hydrogens is 160 g/mol. The number of rotatable bonds is 2. The lowest BCUT2D eigenvalue weighted by molar-refractivity contribution is 0.297. The zero-order valence-electron chi connectivity index (χ0n) is 8.72. The average molecular weight is 176 g/mol. The second kappa shape index (κ2) is 4.13. The molecule has 0 N–H and O–H groups in total. The first kappa shape index (κ1) is 9.85. The van der Waals surface area contributed by atoms with E-state index in [2.05, 4.69) is 38.1 Å². The first-order valence-corrected chi connectivity index (χ1v) is 4.43. The summed E-state index contributed by atoms with van der Waals surface area (Å²) in [6.45, 7) is 6.17. The predicted octanol–water partition coefficient (Wildman–Crippen LogP) is 3.31. The Morgan fingerprint density at radius 1 is 1.31 bits per heavy atom. The van der Waals surface area contributed by atoms with E-state index in [1.54, 1.807) is 7.11 Å². The summed E-state index contributed by atoms with van der Waals surface area (Å²) in [6, 6.07) is 6.41. The molecule has 0 saturated heterocycles. The van der Waals surface area contributed by atoms with Crippen molar-refractivity contribution < 1.29 is 4.74 Å². The molecule has 70 valence electrons. The molecule has 0 spiro atoms. The first-order valence-electron chi connectivity index (χ1n) is 4.43. The fourth-order valence-corrected chi connectivity index (χ4v) is 1.27. The van der Waals surface area contributed by atoms with Crippen molar-refractivity contribution in [1.29, 1.82) is 0 Å². The molecule has 0 heterocycles. The molecule has 0 radical (unpaired) electrons. The second-order valence-electron chi connectivity index (χ2n) is 3.32. The molecular formula is C12H16O. The smallest absolute Gasteiger partial charge is 0.0930 e. The highest BCUT2D eigenvalue weighted by atomic mass is 16.5. The molecule has 0 saturated carbocycles. The third-order valence-corrected chi connectivity index (χ3v) is 2.11. The molecule has 0 aromatic heterocycles. The Labute approximate surface area is 80.0 Å². The summed E-state index contributed by atoms with van der Waals surface area (Å²) < 4.78 is 5.10. The molecule has 0 atom stereocenters. The molecule has 0 bridgehead atoms. The third-order valence-electron chi connectivity index (χ3n) is 2.11. The monoisotopic (exact) mass is 176 g/mol. The van der Waals surface area contributed by atoms with Gasteiger partial charge in [0.1, 0.15) is 0 Å². The highest BCUT2D eigenvalue weighted by Gasteiger charge is 1.95. The van der Waals surface area contributed by atoms with Crippen LogP contribution in [0.25, 0.3) is 6.08 Å². The minimum absolute atomic E-state index is 0.937. The van der Waals surface area contributed by atoms with Gasteiger partial charge in [-0.25, -0.2) is 0 Å². The topological polar surface area (TPSA) is 9.23 Å². The van der Waals surface area contributed by atoms with Crippen LogP contribution in [-0.4, -0.2) is 7.11 Å². The lowest BCUT2D eigenvalue weighted by atomic mass is 10.1. The van der Waals surface area contributed by atoms with Crippen LogP contribution >= 0.6 is 0 Å². The Hall–Kier alpha value is -1.24. The van der Waals surface area contributed by atoms with Gasteiger partial charge in [-0.1, -0.05) is 23.8 Å². The Kier molecular flexibility index (Phi) is 3.13. The summed E-state index contributed by atoms with van der Waals surface area (Å²) in [4.78, 5) is 0. The van der Waals surface area contributed by atoms with E-state index in [9.17, 15) is 0 Å². The molecule has 13 heavy (non-hydrogen) atoms. The Balaban J connectivity index is 3.03. The summed E-state index contributed by atoms with van der Waals surface area (Å²) in [5.41, 5.74) is 3.81. The van der Waals surface area contributed by atoms with E-state index in [4.69, 9.17) is 4.74 Å². The number of benzene rings is 1. The highest BCUT2D eigenvalue weighted by molar-refractivity contribution is 5.55. The van der Waals surface area contributed by atoms with Crippen molar-refractivity contribution in [2.45, 2.75) is 20.8 Å². The number of allylic oxidation sites excluding steroid dienone is 1. The lowest BCUT2D eigenvalue weighted by Crippen LogP contribution is -1.85. The molecule has 0 aliphatic rings. The number of ether oxygens (including phenoxy) is 1. The van der Waals surface area contributed by atoms with Crippen LogP contribution in [0, 0.1) is 13.8 Å². The number of methoxy groups -OCH3 is 1. The van der Waals surface area contributed by atoms with E-state index < -0.39 is 0 Å². The van der Waals surface area contributed by atoms with Crippen LogP contribution in [0.15, 0.2) is 24.0 Å². The van der Waals surface area contributed by atoms with Crippen molar-refractivity contribution in [3.8, 4) is 0 Å². The van der Waals surface area contributed by atoms with Crippen LogP contribution in [-0.2, 0) is 4.74 Å². The van der Waals surface area contributed by atoms with E-state index >= 15 is 0 Å². The van der Waals surface area contributed by atoms with E-state index in [0.29, 0.717) is 0 Å². The maximum Gasteiger partial charge on any atom is 0.0930 e. The van der Waals surface area contributed by atoms with Gasteiger partial charge in [-0.15, -0.1) is 0 Å². The quantitative estimate of drug-likeness (QED) is 0.628. The van der Waals surface area contributed by atoms with Gasteiger partial charge in [0.2, 0.25) is 0 Å². The number of hydrogen-bond acceptors (Lipinski definition) is 1. The summed E-state index contributed by atoms with van der Waals surface area (Å²) in [5.74, 6) is 0.937. The van der Waals surface area contributed by atoms with Crippen LogP contribution < -0.4 is 0 Å². The van der Waals surface area contributed by atoms with Gasteiger partial charge in [0.05, 0.1) is 12.9 Å². The van der Waals surface area contributed by atoms with Crippen molar-refractivity contribution in [3.05, 3.63) is 40.6 Å². The normalized spacial score (nSPS) is 11.5.